The van der Waals surface area contributed by atoms with E-state index in [9.17, 15) is 14.9 Å². The third kappa shape index (κ3) is 2.49. The highest BCUT2D eigenvalue weighted by atomic mass is 32.1. The van der Waals surface area contributed by atoms with E-state index in [-0.39, 0.29) is 15.8 Å². The number of hydrogen-bond donors (Lipinski definition) is 0. The zero-order valence-electron chi connectivity index (χ0n) is 11.4. The molecule has 0 saturated carbocycles. The molecule has 0 bridgehead atoms. The molecule has 1 amide bonds. The minimum absolute atomic E-state index is 0.0705. The van der Waals surface area contributed by atoms with Crippen molar-refractivity contribution in [3.8, 4) is 0 Å². The minimum Gasteiger partial charge on any atom is -0.342 e. The summed E-state index contributed by atoms with van der Waals surface area (Å²) in [5.74, 6) is 0.0705. The molecule has 1 saturated heterocycles. The van der Waals surface area contributed by atoms with Crippen molar-refractivity contribution in [1.29, 1.82) is 0 Å². The van der Waals surface area contributed by atoms with Crippen LogP contribution in [0.15, 0.2) is 6.07 Å². The molecular weight excluding hydrogens is 264 g/mol. The summed E-state index contributed by atoms with van der Waals surface area (Å²) in [6.07, 6.45) is 2.09. The first-order valence-electron chi connectivity index (χ1n) is 6.38. The maximum atomic E-state index is 12.5. The summed E-state index contributed by atoms with van der Waals surface area (Å²) in [6, 6.07) is 1.77. The van der Waals surface area contributed by atoms with Crippen LogP contribution >= 0.6 is 11.3 Å². The van der Waals surface area contributed by atoms with Crippen LogP contribution in [0.1, 0.15) is 37.1 Å². The molecule has 19 heavy (non-hydrogen) atoms. The second-order valence-electron chi connectivity index (χ2n) is 5.48. The molecule has 2 heterocycles. The average Bonchev–Trinajstić information content (AvgIpc) is 2.96. The Kier molecular flexibility index (Phi) is 3.62. The number of nitro groups is 1. The Morgan fingerprint density at radius 1 is 1.42 bits per heavy atom. The fraction of sp³-hybridized carbons (Fsp3) is 0.615. The van der Waals surface area contributed by atoms with E-state index in [1.54, 1.807) is 13.0 Å². The Labute approximate surface area is 116 Å². The smallest absolute Gasteiger partial charge is 0.327 e. The summed E-state index contributed by atoms with van der Waals surface area (Å²) < 4.78 is 0. The predicted octanol–water partition coefficient (Wildman–Crippen LogP) is 2.86. The first-order valence-corrected chi connectivity index (χ1v) is 7.20. The summed E-state index contributed by atoms with van der Waals surface area (Å²) in [5.41, 5.74) is -0.0547. The third-order valence-electron chi connectivity index (χ3n) is 3.60. The van der Waals surface area contributed by atoms with Crippen LogP contribution in [0.2, 0.25) is 0 Å². The highest BCUT2D eigenvalue weighted by Crippen LogP contribution is 2.38. The molecule has 1 aliphatic rings. The van der Waals surface area contributed by atoms with Crippen LogP contribution in [0, 0.1) is 17.0 Å². The molecule has 5 nitrogen and oxygen atoms in total. The maximum absolute atomic E-state index is 12.5. The van der Waals surface area contributed by atoms with Gasteiger partial charge in [-0.3, -0.25) is 14.9 Å². The molecule has 0 aromatic carbocycles. The molecule has 2 rings (SSSR count). The maximum Gasteiger partial charge on any atom is 0.327 e. The molecule has 0 radical (unpaired) electrons. The van der Waals surface area contributed by atoms with E-state index in [1.165, 1.54) is 0 Å². The van der Waals surface area contributed by atoms with Gasteiger partial charge in [0, 0.05) is 23.5 Å². The van der Waals surface area contributed by atoms with E-state index in [0.717, 1.165) is 42.1 Å². The molecule has 6 heteroatoms. The van der Waals surface area contributed by atoms with E-state index in [4.69, 9.17) is 0 Å². The Bertz CT molecular complexity index is 516. The fourth-order valence-electron chi connectivity index (χ4n) is 2.38. The lowest BCUT2D eigenvalue weighted by molar-refractivity contribution is -0.380. The predicted molar refractivity (Wildman–Crippen MR) is 74.6 cm³/mol. The highest BCUT2D eigenvalue weighted by Gasteiger charge is 2.37. The number of carbonyl (C=O) groups excluding carboxylic acids is 1. The van der Waals surface area contributed by atoms with E-state index in [1.807, 2.05) is 18.7 Å². The van der Waals surface area contributed by atoms with Crippen molar-refractivity contribution in [2.45, 2.75) is 39.0 Å². The van der Waals surface area contributed by atoms with Gasteiger partial charge in [-0.15, -0.1) is 0 Å². The van der Waals surface area contributed by atoms with Crippen molar-refractivity contribution in [3.05, 3.63) is 26.6 Å². The summed E-state index contributed by atoms with van der Waals surface area (Å²) in [7, 11) is 0. The molecule has 1 aromatic rings. The van der Waals surface area contributed by atoms with Gasteiger partial charge in [-0.05, 0) is 39.7 Å². The summed E-state index contributed by atoms with van der Waals surface area (Å²) in [6.45, 7) is 7.02. The number of carbonyl (C=O) groups is 1. The zero-order valence-corrected chi connectivity index (χ0v) is 12.2. The third-order valence-corrected chi connectivity index (χ3v) is 5.11. The molecule has 0 spiro atoms. The molecule has 1 aliphatic heterocycles. The topological polar surface area (TPSA) is 63.5 Å². The van der Waals surface area contributed by atoms with Crippen molar-refractivity contribution in [3.63, 3.8) is 0 Å². The molecule has 1 fully saturated rings. The number of rotatable bonds is 3. The molecule has 0 atom stereocenters. The second-order valence-corrected chi connectivity index (χ2v) is 6.51. The minimum atomic E-state index is -0.686. The number of nitrogens with zero attached hydrogens (tertiary/aromatic N) is 2. The summed E-state index contributed by atoms with van der Waals surface area (Å²) >= 11 is 1.12. The normalized spacial score (nSPS) is 15.8. The lowest BCUT2D eigenvalue weighted by Crippen LogP contribution is -2.41. The quantitative estimate of drug-likeness (QED) is 0.632. The molecule has 104 valence electrons. The summed E-state index contributed by atoms with van der Waals surface area (Å²) in [4.78, 5) is 25.7. The van der Waals surface area contributed by atoms with Crippen LogP contribution in [0.4, 0.5) is 5.00 Å². The van der Waals surface area contributed by atoms with Gasteiger partial charge < -0.3 is 4.90 Å². The lowest BCUT2D eigenvalue weighted by Gasteiger charge is -2.28. The number of thiophene rings is 1. The van der Waals surface area contributed by atoms with Crippen LogP contribution in [-0.4, -0.2) is 28.8 Å². The first-order chi connectivity index (χ1) is 8.84. The standard InChI is InChI=1S/C13H18N2O3S/c1-9-8-10(19-11(9)15(17)18)13(2,3)12(16)14-6-4-5-7-14/h8H,4-7H2,1-3H3. The Morgan fingerprint density at radius 3 is 2.47 bits per heavy atom. The Hall–Kier alpha value is -1.43. The van der Waals surface area contributed by atoms with Gasteiger partial charge in [-0.25, -0.2) is 0 Å². The Balaban J connectivity index is 2.30. The van der Waals surface area contributed by atoms with Crippen molar-refractivity contribution < 1.29 is 9.72 Å². The summed E-state index contributed by atoms with van der Waals surface area (Å²) in [5, 5.41) is 11.0. The van der Waals surface area contributed by atoms with Crippen molar-refractivity contribution in [2.75, 3.05) is 13.1 Å². The number of likely N-dealkylation sites (tertiary alicyclic amines) is 1. The molecule has 0 unspecified atom stereocenters. The van der Waals surface area contributed by atoms with Crippen LogP contribution in [-0.2, 0) is 10.2 Å². The highest BCUT2D eigenvalue weighted by molar-refractivity contribution is 7.15. The molecule has 0 aliphatic carbocycles. The SMILES string of the molecule is Cc1cc(C(C)(C)C(=O)N2CCCC2)sc1[N+](=O)[O-]. The number of amides is 1. The van der Waals surface area contributed by atoms with Crippen LogP contribution in [0.3, 0.4) is 0 Å². The molecule has 1 aromatic heterocycles. The largest absolute Gasteiger partial charge is 0.342 e. The van der Waals surface area contributed by atoms with Gasteiger partial charge in [-0.2, -0.15) is 0 Å². The monoisotopic (exact) mass is 282 g/mol. The van der Waals surface area contributed by atoms with Crippen molar-refractivity contribution >= 4 is 22.2 Å². The zero-order chi connectivity index (χ0) is 14.2. The van der Waals surface area contributed by atoms with E-state index < -0.39 is 5.41 Å². The van der Waals surface area contributed by atoms with Gasteiger partial charge in [0.05, 0.1) is 10.3 Å². The van der Waals surface area contributed by atoms with E-state index in [0.29, 0.717) is 5.56 Å². The van der Waals surface area contributed by atoms with Crippen LogP contribution < -0.4 is 0 Å². The van der Waals surface area contributed by atoms with Gasteiger partial charge in [0.15, 0.2) is 0 Å². The van der Waals surface area contributed by atoms with Crippen LogP contribution in [0.25, 0.3) is 0 Å². The van der Waals surface area contributed by atoms with Gasteiger partial charge in [0.25, 0.3) is 0 Å². The van der Waals surface area contributed by atoms with Gasteiger partial charge in [0.2, 0.25) is 5.91 Å². The van der Waals surface area contributed by atoms with Gasteiger partial charge in [0.1, 0.15) is 0 Å². The van der Waals surface area contributed by atoms with E-state index >= 15 is 0 Å². The Morgan fingerprint density at radius 2 is 2.00 bits per heavy atom. The average molecular weight is 282 g/mol. The molecule has 0 N–H and O–H groups in total. The first kappa shape index (κ1) is 14.0. The van der Waals surface area contributed by atoms with Crippen molar-refractivity contribution in [2.24, 2.45) is 0 Å². The van der Waals surface area contributed by atoms with Gasteiger partial charge >= 0.3 is 5.00 Å². The number of hydrogen-bond acceptors (Lipinski definition) is 4. The van der Waals surface area contributed by atoms with Crippen molar-refractivity contribution in [1.82, 2.24) is 4.90 Å². The fourth-order valence-corrected chi connectivity index (χ4v) is 3.46. The van der Waals surface area contributed by atoms with Gasteiger partial charge in [-0.1, -0.05) is 11.3 Å². The number of aryl methyl sites for hydroxylation is 1. The molecular formula is C13H18N2O3S. The van der Waals surface area contributed by atoms with Crippen LogP contribution in [0.5, 0.6) is 0 Å². The lowest BCUT2D eigenvalue weighted by atomic mass is 9.89. The second kappa shape index (κ2) is 4.92. The van der Waals surface area contributed by atoms with E-state index in [2.05, 4.69) is 0 Å².